The van der Waals surface area contributed by atoms with Crippen LogP contribution in [0.2, 0.25) is 0 Å². The summed E-state index contributed by atoms with van der Waals surface area (Å²) in [4.78, 5) is 2.43. The molecule has 0 heterocycles. The third kappa shape index (κ3) is 5.39. The Hall–Kier alpha value is -8.00. The molecule has 0 saturated carbocycles. The van der Waals surface area contributed by atoms with Gasteiger partial charge in [-0.1, -0.05) is 202 Å². The summed E-state index contributed by atoms with van der Waals surface area (Å²) >= 11 is 0. The minimum atomic E-state index is -0.419. The van der Waals surface area contributed by atoms with Crippen LogP contribution < -0.4 is 4.90 Å². The molecule has 0 atom stereocenters. The fourth-order valence-corrected chi connectivity index (χ4v) is 11.8. The van der Waals surface area contributed by atoms with Gasteiger partial charge < -0.3 is 4.90 Å². The number of para-hydroxylation sites is 1. The van der Waals surface area contributed by atoms with Crippen LogP contribution in [0.3, 0.4) is 0 Å². The van der Waals surface area contributed by atoms with Crippen LogP contribution in [-0.4, -0.2) is 0 Å². The summed E-state index contributed by atoms with van der Waals surface area (Å²) in [6, 6.07) is 88.1. The molecule has 0 bridgehead atoms. The summed E-state index contributed by atoms with van der Waals surface area (Å²) in [5, 5.41) is 0. The van der Waals surface area contributed by atoms with Gasteiger partial charge in [0.15, 0.2) is 0 Å². The number of rotatable bonds is 6. The molecular weight excluding hydrogens is 783 g/mol. The maximum Gasteiger partial charge on any atom is 0.0726 e. The highest BCUT2D eigenvalue weighted by atomic mass is 15.1. The second-order valence-electron chi connectivity index (χ2n) is 18.4. The first-order chi connectivity index (χ1) is 32.0. The zero-order chi connectivity index (χ0) is 43.3. The van der Waals surface area contributed by atoms with Gasteiger partial charge in [-0.25, -0.2) is 0 Å². The molecule has 10 aromatic carbocycles. The lowest BCUT2D eigenvalue weighted by atomic mass is 9.70. The van der Waals surface area contributed by atoms with Gasteiger partial charge in [-0.05, 0) is 149 Å². The van der Waals surface area contributed by atoms with Crippen molar-refractivity contribution in [3.8, 4) is 66.8 Å². The van der Waals surface area contributed by atoms with Crippen molar-refractivity contribution in [1.29, 1.82) is 0 Å². The van der Waals surface area contributed by atoms with Gasteiger partial charge in [0, 0.05) is 22.5 Å². The van der Waals surface area contributed by atoms with Crippen molar-refractivity contribution >= 4 is 17.1 Å². The van der Waals surface area contributed by atoms with E-state index in [1.807, 2.05) is 0 Å². The smallest absolute Gasteiger partial charge is 0.0726 e. The Morgan fingerprint density at radius 1 is 0.262 bits per heavy atom. The van der Waals surface area contributed by atoms with Gasteiger partial charge >= 0.3 is 0 Å². The van der Waals surface area contributed by atoms with E-state index in [0.29, 0.717) is 0 Å². The number of anilines is 3. The molecule has 3 aliphatic carbocycles. The molecule has 0 saturated heterocycles. The van der Waals surface area contributed by atoms with E-state index in [2.05, 4.69) is 255 Å². The molecule has 306 valence electrons. The maximum absolute atomic E-state index is 2.49. The van der Waals surface area contributed by atoms with Crippen LogP contribution in [0.25, 0.3) is 66.8 Å². The molecule has 1 nitrogen and oxygen atoms in total. The number of nitrogens with zero attached hydrogens (tertiary/aromatic N) is 1. The Bertz CT molecular complexity index is 3430. The van der Waals surface area contributed by atoms with E-state index in [0.717, 1.165) is 17.1 Å². The molecule has 0 N–H and O–H groups in total. The van der Waals surface area contributed by atoms with Gasteiger partial charge in [0.2, 0.25) is 0 Å². The molecule has 13 rings (SSSR count). The lowest BCUT2D eigenvalue weighted by Crippen LogP contribution is -2.26. The molecule has 0 fully saturated rings. The van der Waals surface area contributed by atoms with Crippen LogP contribution in [0.4, 0.5) is 17.1 Å². The van der Waals surface area contributed by atoms with E-state index in [1.54, 1.807) is 0 Å². The normalized spacial score (nSPS) is 13.9. The van der Waals surface area contributed by atoms with Crippen LogP contribution in [0.5, 0.6) is 0 Å². The summed E-state index contributed by atoms with van der Waals surface area (Å²) < 4.78 is 0. The third-order valence-electron chi connectivity index (χ3n) is 14.7. The van der Waals surface area contributed by atoms with Crippen molar-refractivity contribution in [3.05, 3.63) is 270 Å². The molecule has 0 amide bonds. The zero-order valence-corrected chi connectivity index (χ0v) is 36.5. The second kappa shape index (κ2) is 14.3. The fraction of sp³-hybridized carbons (Fsp3) is 0.0625. The molecule has 65 heavy (non-hydrogen) atoms. The highest BCUT2D eigenvalue weighted by Gasteiger charge is 2.51. The van der Waals surface area contributed by atoms with Crippen molar-refractivity contribution in [1.82, 2.24) is 0 Å². The molecule has 0 aromatic heterocycles. The monoisotopic (exact) mass is 827 g/mol. The number of fused-ring (bicyclic) bond motifs is 13. The molecule has 1 heteroatoms. The van der Waals surface area contributed by atoms with Gasteiger partial charge in [-0.15, -0.1) is 0 Å². The van der Waals surface area contributed by atoms with Gasteiger partial charge in [0.25, 0.3) is 0 Å². The van der Waals surface area contributed by atoms with Gasteiger partial charge in [0.1, 0.15) is 0 Å². The minimum absolute atomic E-state index is 0.172. The predicted molar refractivity (Wildman–Crippen MR) is 271 cm³/mol. The average Bonchev–Trinajstić information content (AvgIpc) is 3.93. The minimum Gasteiger partial charge on any atom is -0.310 e. The van der Waals surface area contributed by atoms with E-state index < -0.39 is 5.41 Å². The number of hydrogen-bond donors (Lipinski definition) is 0. The SMILES string of the molecule is CC1(C)c2cc(-c3ccc(N(c4ccccc4)c4ccc5c(c4)C4(c6ccccc6-c6ccccc64)c4ccccc4-5)cc3)c(-c3ccccc3)cc2-c2c(-c3ccccc3)cccc21. The van der Waals surface area contributed by atoms with Crippen molar-refractivity contribution in [3.63, 3.8) is 0 Å². The summed E-state index contributed by atoms with van der Waals surface area (Å²) in [6.07, 6.45) is 0. The van der Waals surface area contributed by atoms with Crippen molar-refractivity contribution in [2.75, 3.05) is 4.90 Å². The molecule has 0 aliphatic heterocycles. The topological polar surface area (TPSA) is 3.24 Å². The summed E-state index contributed by atoms with van der Waals surface area (Å²) in [6.45, 7) is 4.78. The summed E-state index contributed by atoms with van der Waals surface area (Å²) in [7, 11) is 0. The Morgan fingerprint density at radius 3 is 1.29 bits per heavy atom. The molecule has 3 aliphatic rings. The van der Waals surface area contributed by atoms with Crippen molar-refractivity contribution < 1.29 is 0 Å². The first-order valence-corrected chi connectivity index (χ1v) is 22.8. The Balaban J connectivity index is 0.974. The second-order valence-corrected chi connectivity index (χ2v) is 18.4. The van der Waals surface area contributed by atoms with E-state index in [1.165, 1.54) is 100 Å². The van der Waals surface area contributed by atoms with Crippen molar-refractivity contribution in [2.45, 2.75) is 24.7 Å². The van der Waals surface area contributed by atoms with Crippen LogP contribution in [0.1, 0.15) is 47.2 Å². The highest BCUT2D eigenvalue weighted by Crippen LogP contribution is 2.63. The Morgan fingerprint density at radius 2 is 0.692 bits per heavy atom. The van der Waals surface area contributed by atoms with Crippen LogP contribution in [0, 0.1) is 0 Å². The Labute approximate surface area is 381 Å². The lowest BCUT2D eigenvalue weighted by molar-refractivity contribution is 0.661. The fourth-order valence-electron chi connectivity index (χ4n) is 11.8. The van der Waals surface area contributed by atoms with Crippen molar-refractivity contribution in [2.24, 2.45) is 0 Å². The first kappa shape index (κ1) is 37.5. The van der Waals surface area contributed by atoms with Gasteiger partial charge in [0.05, 0.1) is 5.41 Å². The van der Waals surface area contributed by atoms with Crippen LogP contribution in [0.15, 0.2) is 237 Å². The quantitative estimate of drug-likeness (QED) is 0.161. The van der Waals surface area contributed by atoms with Gasteiger partial charge in [-0.3, -0.25) is 0 Å². The Kier molecular flexibility index (Phi) is 8.24. The largest absolute Gasteiger partial charge is 0.310 e. The molecular formula is C64H45N. The van der Waals surface area contributed by atoms with E-state index in [-0.39, 0.29) is 5.41 Å². The summed E-state index contributed by atoms with van der Waals surface area (Å²) in [5.41, 5.74) is 26.2. The number of hydrogen-bond acceptors (Lipinski definition) is 1. The van der Waals surface area contributed by atoms with E-state index in [9.17, 15) is 0 Å². The summed E-state index contributed by atoms with van der Waals surface area (Å²) in [5.74, 6) is 0. The molecule has 1 spiro atoms. The van der Waals surface area contributed by atoms with Crippen LogP contribution >= 0.6 is 0 Å². The predicted octanol–water partition coefficient (Wildman–Crippen LogP) is 16.8. The maximum atomic E-state index is 2.49. The number of benzene rings is 10. The van der Waals surface area contributed by atoms with E-state index in [4.69, 9.17) is 0 Å². The highest BCUT2D eigenvalue weighted by molar-refractivity contribution is 5.99. The van der Waals surface area contributed by atoms with Crippen LogP contribution in [-0.2, 0) is 10.8 Å². The third-order valence-corrected chi connectivity index (χ3v) is 14.7. The zero-order valence-electron chi connectivity index (χ0n) is 36.5. The first-order valence-electron chi connectivity index (χ1n) is 22.8. The van der Waals surface area contributed by atoms with E-state index >= 15 is 0 Å². The lowest BCUT2D eigenvalue weighted by Gasteiger charge is -2.32. The average molecular weight is 828 g/mol. The molecule has 0 radical (unpaired) electrons. The molecule has 0 unspecified atom stereocenters. The standard InChI is InChI=1S/C64H45N/c1-63(2)59-32-18-28-48(42-19-6-3-7-20-42)62(59)55-40-53(43-21-8-4-9-22-43)54(41-60(55)63)44-33-35-46(36-34-44)65(45-23-10-5-11-24-45)47-37-38-52-51-27-14-17-31-58(51)64(61(52)39-47)56-29-15-12-25-49(56)50-26-13-16-30-57(50)64/h3-41H,1-2H3. The molecule has 10 aromatic rings. The van der Waals surface area contributed by atoms with Gasteiger partial charge in [-0.2, -0.15) is 0 Å².